The lowest BCUT2D eigenvalue weighted by Gasteiger charge is -2.22. The van der Waals surface area contributed by atoms with Crippen molar-refractivity contribution in [3.63, 3.8) is 0 Å². The van der Waals surface area contributed by atoms with Gasteiger partial charge in [0.2, 0.25) is 0 Å². The molecule has 1 rings (SSSR count). The summed E-state index contributed by atoms with van der Waals surface area (Å²) in [5, 5.41) is 11.7. The number of carboxylic acid groups (broad SMARTS) is 1. The molecule has 0 aromatic heterocycles. The van der Waals surface area contributed by atoms with Gasteiger partial charge in [-0.3, -0.25) is 4.79 Å². The van der Waals surface area contributed by atoms with Crippen molar-refractivity contribution < 1.29 is 24.2 Å². The maximum Gasteiger partial charge on any atom is 0.326 e. The van der Waals surface area contributed by atoms with E-state index in [1.807, 2.05) is 6.92 Å². The van der Waals surface area contributed by atoms with Crippen LogP contribution in [0.15, 0.2) is 24.3 Å². The van der Waals surface area contributed by atoms with Gasteiger partial charge >= 0.3 is 5.97 Å². The van der Waals surface area contributed by atoms with Crippen molar-refractivity contribution in [2.75, 3.05) is 7.11 Å². The third-order valence-corrected chi connectivity index (χ3v) is 3.52. The Hall–Kier alpha value is -2.24. The molecule has 0 saturated heterocycles. The van der Waals surface area contributed by atoms with E-state index >= 15 is 0 Å². The molecule has 6 nitrogen and oxygen atoms in total. The molecule has 0 saturated carbocycles. The molecular formula is C16H23NO5. The van der Waals surface area contributed by atoms with E-state index in [9.17, 15) is 14.7 Å². The van der Waals surface area contributed by atoms with E-state index in [0.717, 1.165) is 0 Å². The molecule has 0 aliphatic rings. The molecule has 0 aliphatic carbocycles. The highest BCUT2D eigenvalue weighted by Crippen LogP contribution is 2.18. The van der Waals surface area contributed by atoms with Gasteiger partial charge in [-0.2, -0.15) is 0 Å². The van der Waals surface area contributed by atoms with E-state index in [1.165, 1.54) is 0 Å². The molecule has 122 valence electrons. The Morgan fingerprint density at radius 3 is 2.18 bits per heavy atom. The molecule has 2 N–H and O–H groups in total. The van der Waals surface area contributed by atoms with E-state index in [4.69, 9.17) is 9.47 Å². The van der Waals surface area contributed by atoms with E-state index in [1.54, 1.807) is 45.2 Å². The molecule has 0 heterocycles. The summed E-state index contributed by atoms with van der Waals surface area (Å²) in [7, 11) is 1.56. The lowest BCUT2D eigenvalue weighted by atomic mass is 9.99. The average molecular weight is 309 g/mol. The zero-order chi connectivity index (χ0) is 16.7. The van der Waals surface area contributed by atoms with Gasteiger partial charge < -0.3 is 19.9 Å². The summed E-state index contributed by atoms with van der Waals surface area (Å²) < 4.78 is 10.5. The first-order chi connectivity index (χ1) is 10.4. The minimum absolute atomic E-state index is 0.158. The molecule has 3 atom stereocenters. The molecule has 0 bridgehead atoms. The summed E-state index contributed by atoms with van der Waals surface area (Å²) in [6.07, 6.45) is -0.135. The van der Waals surface area contributed by atoms with Crippen molar-refractivity contribution in [1.29, 1.82) is 0 Å². The highest BCUT2D eigenvalue weighted by Gasteiger charge is 2.27. The van der Waals surface area contributed by atoms with Crippen molar-refractivity contribution >= 4 is 11.9 Å². The average Bonchev–Trinajstić information content (AvgIpc) is 2.51. The first-order valence-corrected chi connectivity index (χ1v) is 7.22. The Labute approximate surface area is 130 Å². The number of amides is 1. The molecule has 0 spiro atoms. The Morgan fingerprint density at radius 2 is 1.73 bits per heavy atom. The lowest BCUT2D eigenvalue weighted by molar-refractivity contribution is -0.144. The smallest absolute Gasteiger partial charge is 0.326 e. The quantitative estimate of drug-likeness (QED) is 0.768. The maximum atomic E-state index is 12.1. The number of aliphatic carboxylic acids is 1. The number of ether oxygens (including phenoxy) is 2. The van der Waals surface area contributed by atoms with Crippen molar-refractivity contribution in [1.82, 2.24) is 5.32 Å². The predicted molar refractivity (Wildman–Crippen MR) is 82.1 cm³/mol. The van der Waals surface area contributed by atoms with Gasteiger partial charge in [-0.05, 0) is 37.1 Å². The van der Waals surface area contributed by atoms with Crippen molar-refractivity contribution in [2.24, 2.45) is 5.92 Å². The van der Waals surface area contributed by atoms with Gasteiger partial charge in [0.1, 0.15) is 17.5 Å². The topological polar surface area (TPSA) is 84.9 Å². The number of methoxy groups -OCH3 is 1. The fourth-order valence-electron chi connectivity index (χ4n) is 1.87. The summed E-state index contributed by atoms with van der Waals surface area (Å²) in [4.78, 5) is 23.3. The van der Waals surface area contributed by atoms with Crippen LogP contribution in [-0.2, 0) is 9.59 Å². The summed E-state index contributed by atoms with van der Waals surface area (Å²) >= 11 is 0. The highest BCUT2D eigenvalue weighted by atomic mass is 16.5. The normalized spacial score (nSPS) is 14.5. The monoisotopic (exact) mass is 309 g/mol. The Bertz CT molecular complexity index is 500. The summed E-state index contributed by atoms with van der Waals surface area (Å²) in [6, 6.07) is 5.90. The lowest BCUT2D eigenvalue weighted by Crippen LogP contribution is -2.49. The molecule has 0 radical (unpaired) electrons. The molecule has 0 aliphatic heterocycles. The minimum Gasteiger partial charge on any atom is -0.497 e. The molecule has 22 heavy (non-hydrogen) atoms. The van der Waals surface area contributed by atoms with Crippen LogP contribution in [0.3, 0.4) is 0 Å². The van der Waals surface area contributed by atoms with Gasteiger partial charge in [0, 0.05) is 0 Å². The van der Waals surface area contributed by atoms with E-state index < -0.39 is 24.0 Å². The zero-order valence-corrected chi connectivity index (χ0v) is 13.3. The second-order valence-corrected chi connectivity index (χ2v) is 5.15. The van der Waals surface area contributed by atoms with Gasteiger partial charge in [0.25, 0.3) is 5.91 Å². The fraction of sp³-hybridized carbons (Fsp3) is 0.500. The second-order valence-electron chi connectivity index (χ2n) is 5.15. The van der Waals surface area contributed by atoms with Crippen LogP contribution in [0.4, 0.5) is 0 Å². The van der Waals surface area contributed by atoms with Crippen molar-refractivity contribution in [3.05, 3.63) is 24.3 Å². The zero-order valence-electron chi connectivity index (χ0n) is 13.3. The predicted octanol–water partition coefficient (Wildman–Crippen LogP) is 2.08. The number of nitrogens with one attached hydrogen (secondary N) is 1. The number of hydrogen-bond donors (Lipinski definition) is 2. The largest absolute Gasteiger partial charge is 0.497 e. The second kappa shape index (κ2) is 8.26. The number of carboxylic acids is 1. The Balaban J connectivity index is 2.65. The van der Waals surface area contributed by atoms with Gasteiger partial charge in [-0.25, -0.2) is 4.79 Å². The number of carbonyl (C=O) groups is 2. The Morgan fingerprint density at radius 1 is 1.18 bits per heavy atom. The van der Waals surface area contributed by atoms with E-state index in [0.29, 0.717) is 17.9 Å². The van der Waals surface area contributed by atoms with Gasteiger partial charge in [0.15, 0.2) is 6.10 Å². The van der Waals surface area contributed by atoms with Crippen LogP contribution in [0.1, 0.15) is 27.2 Å². The van der Waals surface area contributed by atoms with Crippen LogP contribution in [0, 0.1) is 5.92 Å². The van der Waals surface area contributed by atoms with Crippen LogP contribution >= 0.6 is 0 Å². The minimum atomic E-state index is -1.04. The van der Waals surface area contributed by atoms with Gasteiger partial charge in [0.05, 0.1) is 7.11 Å². The molecule has 6 heteroatoms. The number of benzene rings is 1. The highest BCUT2D eigenvalue weighted by molar-refractivity contribution is 5.86. The van der Waals surface area contributed by atoms with E-state index in [-0.39, 0.29) is 5.92 Å². The molecule has 1 amide bonds. The molecule has 1 aromatic rings. The van der Waals surface area contributed by atoms with Crippen LogP contribution in [0.2, 0.25) is 0 Å². The van der Waals surface area contributed by atoms with Gasteiger partial charge in [-0.1, -0.05) is 20.3 Å². The van der Waals surface area contributed by atoms with Gasteiger partial charge in [-0.15, -0.1) is 0 Å². The Kier molecular flexibility index (Phi) is 6.69. The van der Waals surface area contributed by atoms with Crippen LogP contribution in [0.25, 0.3) is 0 Å². The SMILES string of the molecule is CC[C@H](C)[C@H](NC(=O)C(C)Oc1ccc(OC)cc1)C(=O)O. The molecule has 1 aromatic carbocycles. The third-order valence-electron chi connectivity index (χ3n) is 3.52. The summed E-state index contributed by atoms with van der Waals surface area (Å²) in [6.45, 7) is 5.24. The number of rotatable bonds is 8. The first kappa shape index (κ1) is 17.8. The standard InChI is InChI=1S/C16H23NO5/c1-5-10(2)14(16(19)20)17-15(18)11(3)22-13-8-6-12(21-4)7-9-13/h6-11,14H,5H2,1-4H3,(H,17,18)(H,19,20)/t10-,11?,14-/m0/s1. The van der Waals surface area contributed by atoms with Crippen LogP contribution < -0.4 is 14.8 Å². The summed E-state index contributed by atoms with van der Waals surface area (Å²) in [5.41, 5.74) is 0. The molecule has 1 unspecified atom stereocenters. The van der Waals surface area contributed by atoms with E-state index in [2.05, 4.69) is 5.32 Å². The molecular weight excluding hydrogens is 286 g/mol. The van der Waals surface area contributed by atoms with Crippen molar-refractivity contribution in [2.45, 2.75) is 39.3 Å². The van der Waals surface area contributed by atoms with Crippen LogP contribution in [-0.4, -0.2) is 36.2 Å². The number of hydrogen-bond acceptors (Lipinski definition) is 4. The molecule has 0 fully saturated rings. The van der Waals surface area contributed by atoms with Crippen LogP contribution in [0.5, 0.6) is 11.5 Å². The number of carbonyl (C=O) groups excluding carboxylic acids is 1. The summed E-state index contributed by atoms with van der Waals surface area (Å²) in [5.74, 6) is -0.455. The fourth-order valence-corrected chi connectivity index (χ4v) is 1.87. The van der Waals surface area contributed by atoms with Crippen molar-refractivity contribution in [3.8, 4) is 11.5 Å². The third kappa shape index (κ3) is 4.95. The maximum absolute atomic E-state index is 12.1. The first-order valence-electron chi connectivity index (χ1n) is 7.22.